The predicted octanol–water partition coefficient (Wildman–Crippen LogP) is 1.40. The Balaban J connectivity index is 1.86. The van der Waals surface area contributed by atoms with Crippen LogP contribution in [0, 0.1) is 5.41 Å². The molecular formula is C14H26N2O2. The van der Waals surface area contributed by atoms with Crippen LogP contribution in [-0.4, -0.2) is 49.7 Å². The molecule has 2 fully saturated rings. The average Bonchev–Trinajstić information content (AvgIpc) is 2.40. The molecule has 4 heteroatoms. The lowest BCUT2D eigenvalue weighted by atomic mass is 9.79. The summed E-state index contributed by atoms with van der Waals surface area (Å²) in [6, 6.07) is 0. The molecule has 2 rings (SSSR count). The smallest absolute Gasteiger partial charge is 0.228 e. The van der Waals surface area contributed by atoms with Crippen molar-refractivity contribution in [3.05, 3.63) is 0 Å². The third kappa shape index (κ3) is 3.04. The highest BCUT2D eigenvalue weighted by molar-refractivity contribution is 5.82. The zero-order valence-electron chi connectivity index (χ0n) is 11.7. The van der Waals surface area contributed by atoms with Crippen molar-refractivity contribution in [2.75, 3.05) is 32.8 Å². The molecule has 2 heterocycles. The highest BCUT2D eigenvalue weighted by Gasteiger charge is 2.38. The maximum atomic E-state index is 12.6. The predicted molar refractivity (Wildman–Crippen MR) is 71.4 cm³/mol. The van der Waals surface area contributed by atoms with Crippen LogP contribution in [0.5, 0.6) is 0 Å². The number of nitrogens with one attached hydrogen (secondary N) is 1. The van der Waals surface area contributed by atoms with Crippen LogP contribution >= 0.6 is 0 Å². The number of amides is 1. The van der Waals surface area contributed by atoms with Gasteiger partial charge in [0.1, 0.15) is 0 Å². The fraction of sp³-hybridized carbons (Fsp3) is 0.929. The summed E-state index contributed by atoms with van der Waals surface area (Å²) in [6.45, 7) is 8.62. The summed E-state index contributed by atoms with van der Waals surface area (Å²) in [5.74, 6) is 0.360. The highest BCUT2D eigenvalue weighted by atomic mass is 16.5. The van der Waals surface area contributed by atoms with Gasteiger partial charge >= 0.3 is 0 Å². The van der Waals surface area contributed by atoms with Crippen LogP contribution < -0.4 is 5.32 Å². The molecule has 4 nitrogen and oxygen atoms in total. The fourth-order valence-electron chi connectivity index (χ4n) is 3.04. The number of likely N-dealkylation sites (tertiary alicyclic amines) is 1. The van der Waals surface area contributed by atoms with Gasteiger partial charge in [-0.15, -0.1) is 0 Å². The van der Waals surface area contributed by atoms with E-state index in [0.717, 1.165) is 58.5 Å². The van der Waals surface area contributed by atoms with E-state index in [1.807, 2.05) is 6.92 Å². The number of nitrogens with zero attached hydrogens (tertiary/aromatic N) is 1. The summed E-state index contributed by atoms with van der Waals surface area (Å²) in [5, 5.41) is 3.33. The lowest BCUT2D eigenvalue weighted by molar-refractivity contribution is -0.145. The van der Waals surface area contributed by atoms with Crippen molar-refractivity contribution in [3.8, 4) is 0 Å². The van der Waals surface area contributed by atoms with Crippen LogP contribution in [-0.2, 0) is 9.53 Å². The standard InChI is InChI=1S/C14H26N2O2/c1-3-18-12-4-10-16(11-5-12)13(17)14(2)6-8-15-9-7-14/h12,15H,3-11H2,1-2H3. The van der Waals surface area contributed by atoms with Crippen molar-refractivity contribution in [1.82, 2.24) is 10.2 Å². The van der Waals surface area contributed by atoms with E-state index in [0.29, 0.717) is 12.0 Å². The molecule has 0 spiro atoms. The minimum Gasteiger partial charge on any atom is -0.378 e. The molecule has 0 saturated carbocycles. The van der Waals surface area contributed by atoms with Gasteiger partial charge in [0.15, 0.2) is 0 Å². The Morgan fingerprint density at radius 1 is 1.33 bits per heavy atom. The van der Waals surface area contributed by atoms with E-state index < -0.39 is 0 Å². The molecule has 0 aromatic rings. The van der Waals surface area contributed by atoms with E-state index in [2.05, 4.69) is 17.1 Å². The number of rotatable bonds is 3. The Morgan fingerprint density at radius 2 is 1.94 bits per heavy atom. The molecule has 0 unspecified atom stereocenters. The monoisotopic (exact) mass is 254 g/mol. The van der Waals surface area contributed by atoms with Gasteiger partial charge in [-0.05, 0) is 45.7 Å². The Bertz CT molecular complexity index is 280. The maximum absolute atomic E-state index is 12.6. The summed E-state index contributed by atoms with van der Waals surface area (Å²) < 4.78 is 5.63. The fourth-order valence-corrected chi connectivity index (χ4v) is 3.04. The van der Waals surface area contributed by atoms with Gasteiger partial charge in [0, 0.05) is 25.1 Å². The Hall–Kier alpha value is -0.610. The number of ether oxygens (including phenoxy) is 1. The van der Waals surface area contributed by atoms with E-state index in [1.54, 1.807) is 0 Å². The highest BCUT2D eigenvalue weighted by Crippen LogP contribution is 2.31. The lowest BCUT2D eigenvalue weighted by Crippen LogP contribution is -2.50. The molecule has 0 aromatic heterocycles. The number of hydrogen-bond acceptors (Lipinski definition) is 3. The molecule has 104 valence electrons. The molecule has 0 bridgehead atoms. The van der Waals surface area contributed by atoms with Crippen molar-refractivity contribution in [1.29, 1.82) is 0 Å². The van der Waals surface area contributed by atoms with Gasteiger partial charge in [0.2, 0.25) is 5.91 Å². The second-order valence-corrected chi connectivity index (χ2v) is 5.76. The molecule has 0 radical (unpaired) electrons. The molecule has 0 aromatic carbocycles. The molecule has 0 atom stereocenters. The molecule has 2 saturated heterocycles. The first kappa shape index (κ1) is 13.8. The Labute approximate surface area is 110 Å². The van der Waals surface area contributed by atoms with Crippen molar-refractivity contribution in [2.45, 2.75) is 45.6 Å². The lowest BCUT2D eigenvalue weighted by Gasteiger charge is -2.40. The van der Waals surface area contributed by atoms with E-state index >= 15 is 0 Å². The van der Waals surface area contributed by atoms with Crippen molar-refractivity contribution in [3.63, 3.8) is 0 Å². The van der Waals surface area contributed by atoms with E-state index in [4.69, 9.17) is 4.74 Å². The van der Waals surface area contributed by atoms with Gasteiger partial charge < -0.3 is 15.0 Å². The molecule has 18 heavy (non-hydrogen) atoms. The minimum atomic E-state index is -0.135. The third-order valence-electron chi connectivity index (χ3n) is 4.35. The molecule has 1 N–H and O–H groups in total. The first-order chi connectivity index (χ1) is 8.65. The normalized spacial score (nSPS) is 25.1. The van der Waals surface area contributed by atoms with Gasteiger partial charge in [-0.1, -0.05) is 6.92 Å². The number of carbonyl (C=O) groups excluding carboxylic acids is 1. The number of piperidine rings is 2. The topological polar surface area (TPSA) is 41.6 Å². The molecular weight excluding hydrogens is 228 g/mol. The largest absolute Gasteiger partial charge is 0.378 e. The van der Waals surface area contributed by atoms with Crippen LogP contribution in [0.1, 0.15) is 39.5 Å². The quantitative estimate of drug-likeness (QED) is 0.828. The second kappa shape index (κ2) is 6.02. The van der Waals surface area contributed by atoms with Gasteiger partial charge in [-0.3, -0.25) is 4.79 Å². The number of hydrogen-bond donors (Lipinski definition) is 1. The van der Waals surface area contributed by atoms with Crippen LogP contribution in [0.25, 0.3) is 0 Å². The minimum absolute atomic E-state index is 0.135. The van der Waals surface area contributed by atoms with Crippen LogP contribution in [0.2, 0.25) is 0 Å². The van der Waals surface area contributed by atoms with Crippen LogP contribution in [0.15, 0.2) is 0 Å². The molecule has 2 aliphatic heterocycles. The summed E-state index contributed by atoms with van der Waals surface area (Å²) in [6.07, 6.45) is 4.29. The van der Waals surface area contributed by atoms with Gasteiger partial charge in [-0.25, -0.2) is 0 Å². The summed E-state index contributed by atoms with van der Waals surface area (Å²) in [7, 11) is 0. The SMILES string of the molecule is CCOC1CCN(C(=O)C2(C)CCNCC2)CC1. The summed E-state index contributed by atoms with van der Waals surface area (Å²) in [4.78, 5) is 14.7. The Morgan fingerprint density at radius 3 is 2.50 bits per heavy atom. The zero-order chi connectivity index (χ0) is 13.0. The van der Waals surface area contributed by atoms with Crippen molar-refractivity contribution >= 4 is 5.91 Å². The van der Waals surface area contributed by atoms with Gasteiger partial charge in [0.25, 0.3) is 0 Å². The first-order valence-electron chi connectivity index (χ1n) is 7.27. The zero-order valence-corrected chi connectivity index (χ0v) is 11.7. The molecule has 1 amide bonds. The van der Waals surface area contributed by atoms with Gasteiger partial charge in [-0.2, -0.15) is 0 Å². The third-order valence-corrected chi connectivity index (χ3v) is 4.35. The summed E-state index contributed by atoms with van der Waals surface area (Å²) in [5.41, 5.74) is -0.135. The molecule has 2 aliphatic rings. The van der Waals surface area contributed by atoms with E-state index in [-0.39, 0.29) is 5.41 Å². The molecule has 0 aliphatic carbocycles. The van der Waals surface area contributed by atoms with Gasteiger partial charge in [0.05, 0.1) is 6.10 Å². The van der Waals surface area contributed by atoms with Crippen LogP contribution in [0.4, 0.5) is 0 Å². The number of carbonyl (C=O) groups is 1. The summed E-state index contributed by atoms with van der Waals surface area (Å²) >= 11 is 0. The average molecular weight is 254 g/mol. The van der Waals surface area contributed by atoms with Crippen LogP contribution in [0.3, 0.4) is 0 Å². The first-order valence-corrected chi connectivity index (χ1v) is 7.27. The maximum Gasteiger partial charge on any atom is 0.228 e. The van der Waals surface area contributed by atoms with E-state index in [9.17, 15) is 4.79 Å². The van der Waals surface area contributed by atoms with E-state index in [1.165, 1.54) is 0 Å². The van der Waals surface area contributed by atoms with Crippen molar-refractivity contribution < 1.29 is 9.53 Å². The Kier molecular flexibility index (Phi) is 4.62. The second-order valence-electron chi connectivity index (χ2n) is 5.76. The van der Waals surface area contributed by atoms with Crippen molar-refractivity contribution in [2.24, 2.45) is 5.41 Å².